The van der Waals surface area contributed by atoms with E-state index in [-0.39, 0.29) is 22.4 Å². The van der Waals surface area contributed by atoms with Crippen LogP contribution in [-0.4, -0.2) is 26.2 Å². The van der Waals surface area contributed by atoms with Crippen LogP contribution in [0.3, 0.4) is 0 Å². The van der Waals surface area contributed by atoms with Gasteiger partial charge in [0, 0.05) is 0 Å². The third-order valence-corrected chi connectivity index (χ3v) is 5.89. The zero-order valence-electron chi connectivity index (χ0n) is 4.80. The van der Waals surface area contributed by atoms with Crippen molar-refractivity contribution in [2.45, 2.75) is 17.0 Å². The van der Waals surface area contributed by atoms with Crippen molar-refractivity contribution in [1.29, 1.82) is 5.26 Å². The molecule has 0 radical (unpaired) electrons. The molecule has 1 unspecified atom stereocenters. The molecule has 0 spiro atoms. The Morgan fingerprint density at radius 1 is 1.88 bits per heavy atom. The molecule has 0 aromatic heterocycles. The zero-order chi connectivity index (χ0) is 5.82. The van der Waals surface area contributed by atoms with Crippen molar-refractivity contribution >= 4 is 26.2 Å². The van der Waals surface area contributed by atoms with Gasteiger partial charge in [-0.05, 0) is 0 Å². The summed E-state index contributed by atoms with van der Waals surface area (Å²) in [5, 5.41) is 8.28. The van der Waals surface area contributed by atoms with E-state index >= 15 is 0 Å². The Morgan fingerprint density at radius 3 is 3.25 bits per heavy atom. The summed E-state index contributed by atoms with van der Waals surface area (Å²) in [7, 11) is 0. The van der Waals surface area contributed by atoms with Crippen LogP contribution in [0, 0.1) is 17.2 Å². The van der Waals surface area contributed by atoms with Gasteiger partial charge in [0.05, 0.1) is 0 Å². The molecule has 2 heteroatoms. The van der Waals surface area contributed by atoms with Crippen LogP contribution in [0.1, 0.15) is 12.8 Å². The second-order valence-electron chi connectivity index (χ2n) is 2.17. The first kappa shape index (κ1) is 6.35. The van der Waals surface area contributed by atoms with E-state index in [1.54, 1.807) is 0 Å². The minimum absolute atomic E-state index is 0.179. The minimum atomic E-state index is -0.179. The maximum absolute atomic E-state index is 8.28. The SMILES string of the molecule is N#CCC1C[CH]=[In][CH2]1. The van der Waals surface area contributed by atoms with Gasteiger partial charge in [0.15, 0.2) is 0 Å². The first-order valence-electron chi connectivity index (χ1n) is 2.95. The molecule has 0 aliphatic carbocycles. The van der Waals surface area contributed by atoms with E-state index in [9.17, 15) is 0 Å². The molecule has 1 nitrogen and oxygen atoms in total. The molecule has 0 aromatic rings. The monoisotopic (exact) mass is 209 g/mol. The van der Waals surface area contributed by atoms with E-state index in [0.717, 1.165) is 12.3 Å². The van der Waals surface area contributed by atoms with Crippen molar-refractivity contribution in [2.75, 3.05) is 0 Å². The van der Waals surface area contributed by atoms with Crippen LogP contribution in [0.2, 0.25) is 4.18 Å². The van der Waals surface area contributed by atoms with Crippen LogP contribution in [0.25, 0.3) is 0 Å². The van der Waals surface area contributed by atoms with Gasteiger partial charge in [-0.25, -0.2) is 0 Å². The van der Waals surface area contributed by atoms with E-state index in [1.165, 1.54) is 10.6 Å². The molecule has 0 bridgehead atoms. The zero-order valence-corrected chi connectivity index (χ0v) is 8.10. The molecule has 0 saturated heterocycles. The molecule has 0 aromatic carbocycles. The molecule has 0 fully saturated rings. The average molecular weight is 209 g/mol. The Hall–Kier alpha value is 0.230. The molecule has 1 rings (SSSR count). The second kappa shape index (κ2) is 3.29. The number of hydrogen-bond donors (Lipinski definition) is 0. The predicted molar refractivity (Wildman–Crippen MR) is 35.0 cm³/mol. The summed E-state index contributed by atoms with van der Waals surface area (Å²) in [5.74, 6) is 0.779. The van der Waals surface area contributed by atoms with Gasteiger partial charge in [0.2, 0.25) is 0 Å². The van der Waals surface area contributed by atoms with Crippen molar-refractivity contribution in [3.05, 3.63) is 0 Å². The molecule has 40 valence electrons. The summed E-state index contributed by atoms with van der Waals surface area (Å²) >= 11 is -0.179. The van der Waals surface area contributed by atoms with Crippen LogP contribution in [0.15, 0.2) is 0 Å². The molecule has 0 amide bonds. The van der Waals surface area contributed by atoms with Gasteiger partial charge in [-0.2, -0.15) is 0 Å². The first-order valence-corrected chi connectivity index (χ1v) is 7.18. The summed E-state index contributed by atoms with van der Waals surface area (Å²) < 4.78 is 3.90. The molecule has 1 aliphatic rings. The first-order chi connectivity index (χ1) is 3.93. The molecule has 1 heterocycles. The Bertz CT molecular complexity index is 126. The van der Waals surface area contributed by atoms with Crippen molar-refractivity contribution in [3.8, 4) is 6.07 Å². The summed E-state index contributed by atoms with van der Waals surface area (Å²) in [4.78, 5) is 0. The van der Waals surface area contributed by atoms with Gasteiger partial charge in [0.1, 0.15) is 0 Å². The van der Waals surface area contributed by atoms with Crippen molar-refractivity contribution in [1.82, 2.24) is 0 Å². The van der Waals surface area contributed by atoms with E-state index < -0.39 is 0 Å². The van der Waals surface area contributed by atoms with E-state index in [2.05, 4.69) is 9.83 Å². The second-order valence-corrected chi connectivity index (χ2v) is 6.21. The van der Waals surface area contributed by atoms with Crippen LogP contribution in [0.5, 0.6) is 0 Å². The molecular weight excluding hydrogens is 201 g/mol. The summed E-state index contributed by atoms with van der Waals surface area (Å²) in [6.07, 6.45) is 2.07. The number of hydrogen-bond acceptors (Lipinski definition) is 1. The van der Waals surface area contributed by atoms with Gasteiger partial charge in [-0.1, -0.05) is 0 Å². The van der Waals surface area contributed by atoms with E-state index in [0.29, 0.717) is 0 Å². The van der Waals surface area contributed by atoms with Crippen LogP contribution in [-0.2, 0) is 0 Å². The van der Waals surface area contributed by atoms with Gasteiger partial charge < -0.3 is 0 Å². The van der Waals surface area contributed by atoms with E-state index in [4.69, 9.17) is 5.26 Å². The van der Waals surface area contributed by atoms with Crippen LogP contribution < -0.4 is 0 Å². The van der Waals surface area contributed by atoms with Crippen LogP contribution >= 0.6 is 0 Å². The van der Waals surface area contributed by atoms with Gasteiger partial charge >= 0.3 is 60.4 Å². The van der Waals surface area contributed by atoms with Gasteiger partial charge in [-0.3, -0.25) is 0 Å². The van der Waals surface area contributed by atoms with Gasteiger partial charge in [-0.15, -0.1) is 0 Å². The molecule has 0 N–H and O–H groups in total. The quantitative estimate of drug-likeness (QED) is 0.627. The fourth-order valence-electron chi connectivity index (χ4n) is 0.969. The fraction of sp³-hybridized carbons (Fsp3) is 0.667. The van der Waals surface area contributed by atoms with Crippen molar-refractivity contribution in [3.63, 3.8) is 0 Å². The standard InChI is InChI=1S/C6H8N.In/c1-3-6(2)4-5-7;/h1,6H,2-4H2;. The van der Waals surface area contributed by atoms with Crippen molar-refractivity contribution < 1.29 is 0 Å². The van der Waals surface area contributed by atoms with Crippen LogP contribution in [0.4, 0.5) is 0 Å². The Morgan fingerprint density at radius 2 is 2.75 bits per heavy atom. The summed E-state index contributed by atoms with van der Waals surface area (Å²) in [6.45, 7) is 0. The molecule has 1 aliphatic heterocycles. The molecule has 8 heavy (non-hydrogen) atoms. The maximum atomic E-state index is 8.28. The van der Waals surface area contributed by atoms with Crippen molar-refractivity contribution in [2.24, 2.45) is 5.92 Å². The summed E-state index contributed by atoms with van der Waals surface area (Å²) in [5.41, 5.74) is 0. The Balaban J connectivity index is 2.22. The Labute approximate surface area is 60.5 Å². The molecule has 1 atom stereocenters. The normalized spacial score (nSPS) is 24.6. The third kappa shape index (κ3) is 1.63. The molecular formula is C6H8InN. The summed E-state index contributed by atoms with van der Waals surface area (Å²) in [6, 6.07) is 2.22. The number of nitrogens with zero attached hydrogens (tertiary/aromatic N) is 1. The number of rotatable bonds is 1. The van der Waals surface area contributed by atoms with E-state index in [1.807, 2.05) is 0 Å². The topological polar surface area (TPSA) is 23.8 Å². The van der Waals surface area contributed by atoms with Gasteiger partial charge in [0.25, 0.3) is 0 Å². The molecule has 0 saturated carbocycles. The number of nitriles is 1. The Kier molecular flexibility index (Phi) is 2.62. The fourth-order valence-corrected chi connectivity index (χ4v) is 5.29. The average Bonchev–Trinajstić information content (AvgIpc) is 2.19. The third-order valence-electron chi connectivity index (χ3n) is 1.49. The predicted octanol–water partition coefficient (Wildman–Crippen LogP) is 0.845.